The molecule has 0 saturated heterocycles. The van der Waals surface area contributed by atoms with Gasteiger partial charge in [-0.1, -0.05) is 73.1 Å². The molecule has 0 aliphatic heterocycles. The van der Waals surface area contributed by atoms with E-state index in [9.17, 15) is 10.2 Å². The monoisotopic (exact) mass is 513 g/mol. The van der Waals surface area contributed by atoms with Crippen LogP contribution in [0.25, 0.3) is 0 Å². The van der Waals surface area contributed by atoms with Crippen molar-refractivity contribution in [2.45, 2.75) is 68.7 Å². The van der Waals surface area contributed by atoms with E-state index in [0.717, 1.165) is 27.8 Å². The number of hydrogen-bond donors (Lipinski definition) is 3. The molecule has 0 unspecified atom stereocenters. The smallest absolute Gasteiger partial charge is 0.118 e. The van der Waals surface area contributed by atoms with E-state index in [1.165, 1.54) is 0 Å². The third kappa shape index (κ3) is 14.3. The van der Waals surface area contributed by atoms with Gasteiger partial charge in [-0.3, -0.25) is 0 Å². The molecule has 0 saturated carbocycles. The van der Waals surface area contributed by atoms with Crippen LogP contribution in [-0.4, -0.2) is 15.3 Å². The summed E-state index contributed by atoms with van der Waals surface area (Å²) in [6.45, 7) is 17.9. The molecule has 0 spiro atoms. The fourth-order valence-corrected chi connectivity index (χ4v) is 2.35. The second-order valence-corrected chi connectivity index (χ2v) is 6.11. The zero-order valence-electron chi connectivity index (χ0n) is 21.2. The summed E-state index contributed by atoms with van der Waals surface area (Å²) in [4.78, 5) is 0. The van der Waals surface area contributed by atoms with Gasteiger partial charge in [-0.2, -0.15) is 35.4 Å². The Morgan fingerprint density at radius 1 is 0.625 bits per heavy atom. The van der Waals surface area contributed by atoms with Gasteiger partial charge >= 0.3 is 0 Å². The van der Waals surface area contributed by atoms with Crippen molar-refractivity contribution in [1.82, 2.24) is 0 Å². The molecule has 3 aromatic carbocycles. The fraction of sp³-hybridized carbons (Fsp3) is 0.357. The number of phenols is 3. The minimum Gasteiger partial charge on any atom is -0.534 e. The van der Waals surface area contributed by atoms with Crippen molar-refractivity contribution in [2.75, 3.05) is 0 Å². The molecule has 32 heavy (non-hydrogen) atoms. The molecule has 175 valence electrons. The predicted molar refractivity (Wildman–Crippen MR) is 133 cm³/mol. The number of rotatable bonds is 2. The second-order valence-electron chi connectivity index (χ2n) is 6.11. The standard InChI is InChI=1S/C15H15O2.C7H7O.3C2H6.Y/c1-10-3-5-14(16)12(7-10)9-13-8-11(2)4-6-15(13)17;1-6-2-4-7(8)5-3-6;3*1-2;/h3-5,7-8,16-17H,9H2,1-2H3;2-4,8H,1H3;3*1-2H3;/q2*-1;;;;. The first-order valence-electron chi connectivity index (χ1n) is 11.0. The fourth-order valence-electron chi connectivity index (χ4n) is 2.35. The number of aromatic hydroxyl groups is 3. The van der Waals surface area contributed by atoms with Crippen LogP contribution < -0.4 is 0 Å². The molecule has 0 atom stereocenters. The Morgan fingerprint density at radius 3 is 1.62 bits per heavy atom. The summed E-state index contributed by atoms with van der Waals surface area (Å²) in [7, 11) is 0. The molecule has 1 radical (unpaired) electrons. The third-order valence-electron chi connectivity index (χ3n) is 3.71. The Balaban J connectivity index is -0.000000474. The first kappa shape index (κ1) is 34.8. The minimum atomic E-state index is 0. The summed E-state index contributed by atoms with van der Waals surface area (Å²) in [5.74, 6) is 0.614. The van der Waals surface area contributed by atoms with Crippen LogP contribution in [0.3, 0.4) is 0 Å². The zero-order valence-corrected chi connectivity index (χ0v) is 24.1. The van der Waals surface area contributed by atoms with Crippen molar-refractivity contribution in [3.8, 4) is 17.2 Å². The maximum Gasteiger partial charge on any atom is 0.118 e. The molecular weight excluding hydrogens is 473 g/mol. The van der Waals surface area contributed by atoms with E-state index in [-0.39, 0.29) is 50.0 Å². The van der Waals surface area contributed by atoms with E-state index in [4.69, 9.17) is 5.11 Å². The van der Waals surface area contributed by atoms with Crippen LogP contribution >= 0.6 is 0 Å². The van der Waals surface area contributed by atoms with Gasteiger partial charge in [-0.05, 0) is 25.0 Å². The first-order chi connectivity index (χ1) is 14.8. The van der Waals surface area contributed by atoms with Gasteiger partial charge in [0.2, 0.25) is 0 Å². The van der Waals surface area contributed by atoms with Crippen molar-refractivity contribution in [2.24, 2.45) is 0 Å². The van der Waals surface area contributed by atoms with Gasteiger partial charge in [0, 0.05) is 44.2 Å². The molecule has 3 N–H and O–H groups in total. The molecule has 3 aromatic rings. The maximum absolute atomic E-state index is 9.76. The molecule has 0 aromatic heterocycles. The van der Waals surface area contributed by atoms with Crippen LogP contribution in [-0.2, 0) is 39.1 Å². The summed E-state index contributed by atoms with van der Waals surface area (Å²) in [6.07, 6.45) is 0.511. The van der Waals surface area contributed by atoms with Crippen molar-refractivity contribution >= 4 is 0 Å². The summed E-state index contributed by atoms with van der Waals surface area (Å²) >= 11 is 0. The summed E-state index contributed by atoms with van der Waals surface area (Å²) in [5, 5.41) is 28.2. The minimum absolute atomic E-state index is 0. The van der Waals surface area contributed by atoms with Gasteiger partial charge in [0.05, 0.1) is 0 Å². The van der Waals surface area contributed by atoms with Crippen molar-refractivity contribution in [3.63, 3.8) is 0 Å². The Kier molecular flexibility index (Phi) is 22.9. The van der Waals surface area contributed by atoms with Gasteiger partial charge in [-0.15, -0.1) is 23.8 Å². The molecule has 0 aliphatic carbocycles. The summed E-state index contributed by atoms with van der Waals surface area (Å²) in [5.41, 5.74) is 4.85. The van der Waals surface area contributed by atoms with Crippen LogP contribution in [0.4, 0.5) is 0 Å². The molecule has 4 heteroatoms. The van der Waals surface area contributed by atoms with Gasteiger partial charge < -0.3 is 15.3 Å². The zero-order chi connectivity index (χ0) is 24.4. The van der Waals surface area contributed by atoms with E-state index in [0.29, 0.717) is 6.42 Å². The first-order valence-corrected chi connectivity index (χ1v) is 11.0. The molecule has 3 rings (SSSR count). The Hall–Kier alpha value is -1.84. The maximum atomic E-state index is 9.76. The number of benzene rings is 3. The van der Waals surface area contributed by atoms with E-state index in [1.807, 2.05) is 86.6 Å². The van der Waals surface area contributed by atoms with Crippen molar-refractivity contribution in [3.05, 3.63) is 88.5 Å². The van der Waals surface area contributed by atoms with Crippen molar-refractivity contribution in [1.29, 1.82) is 0 Å². The molecule has 0 amide bonds. The average molecular weight is 514 g/mol. The van der Waals surface area contributed by atoms with E-state index >= 15 is 0 Å². The van der Waals surface area contributed by atoms with Crippen LogP contribution in [0, 0.1) is 32.9 Å². The summed E-state index contributed by atoms with van der Waals surface area (Å²) < 4.78 is 0. The van der Waals surface area contributed by atoms with Crippen LogP contribution in [0.2, 0.25) is 0 Å². The number of phenolic OH excluding ortho intramolecular Hbond substituents is 3. The SMILES string of the molecule is CC.CC.CC.Cc1c[c-]c(O)c(Cc2cc(C)ccc2O)c1.Cc1c[c-]c(O)cc1.[Y]. The van der Waals surface area contributed by atoms with Gasteiger partial charge in [0.25, 0.3) is 0 Å². The molecular formula is C28H40O3Y-2. The molecule has 3 nitrogen and oxygen atoms in total. The van der Waals surface area contributed by atoms with E-state index in [2.05, 4.69) is 12.1 Å². The van der Waals surface area contributed by atoms with Gasteiger partial charge in [0.15, 0.2) is 0 Å². The number of aryl methyl sites for hydroxylation is 3. The topological polar surface area (TPSA) is 60.7 Å². The van der Waals surface area contributed by atoms with Crippen LogP contribution in [0.1, 0.15) is 69.4 Å². The molecule has 0 fully saturated rings. The molecule has 0 heterocycles. The second kappa shape index (κ2) is 21.0. The molecule has 0 bridgehead atoms. The third-order valence-corrected chi connectivity index (χ3v) is 3.71. The number of hydrogen-bond acceptors (Lipinski definition) is 3. The Morgan fingerprint density at radius 2 is 1.12 bits per heavy atom. The average Bonchev–Trinajstić information content (AvgIpc) is 2.80. The van der Waals surface area contributed by atoms with E-state index < -0.39 is 0 Å². The van der Waals surface area contributed by atoms with Crippen LogP contribution in [0.15, 0.2) is 48.5 Å². The van der Waals surface area contributed by atoms with Gasteiger partial charge in [-0.25, -0.2) is 0 Å². The summed E-state index contributed by atoms with van der Waals surface area (Å²) in [6, 6.07) is 19.8. The van der Waals surface area contributed by atoms with Gasteiger partial charge in [0.1, 0.15) is 5.75 Å². The largest absolute Gasteiger partial charge is 0.534 e. The molecule has 0 aliphatic rings. The van der Waals surface area contributed by atoms with E-state index in [1.54, 1.807) is 24.3 Å². The Bertz CT molecular complexity index is 773. The quantitative estimate of drug-likeness (QED) is 0.308. The Labute approximate surface area is 221 Å². The van der Waals surface area contributed by atoms with Crippen molar-refractivity contribution < 1.29 is 48.0 Å². The van der Waals surface area contributed by atoms with Crippen LogP contribution in [0.5, 0.6) is 17.2 Å². The normalized spacial score (nSPS) is 8.41. The predicted octanol–water partition coefficient (Wildman–Crippen LogP) is 7.68.